The van der Waals surface area contributed by atoms with Gasteiger partial charge in [-0.05, 0) is 48.1 Å². The molecule has 1 saturated heterocycles. The molecule has 33 heavy (non-hydrogen) atoms. The minimum atomic E-state index is -0.226. The maximum atomic E-state index is 13.4. The van der Waals surface area contributed by atoms with Crippen LogP contribution in [-0.4, -0.2) is 33.6 Å². The summed E-state index contributed by atoms with van der Waals surface area (Å²) in [7, 11) is 2.05. The third-order valence-electron chi connectivity index (χ3n) is 5.51. The predicted molar refractivity (Wildman–Crippen MR) is 134 cm³/mol. The normalized spacial score (nSPS) is 14.5. The van der Waals surface area contributed by atoms with Gasteiger partial charge >= 0.3 is 0 Å². The van der Waals surface area contributed by atoms with E-state index in [1.165, 1.54) is 0 Å². The summed E-state index contributed by atoms with van der Waals surface area (Å²) in [6.45, 7) is 3.94. The van der Waals surface area contributed by atoms with E-state index < -0.39 is 0 Å². The second-order valence-electron chi connectivity index (χ2n) is 8.15. The van der Waals surface area contributed by atoms with Crippen LogP contribution in [0.4, 0.5) is 5.69 Å². The second-order valence-corrected chi connectivity index (χ2v) is 8.15. The monoisotopic (exact) mass is 443 g/mol. The molecule has 1 amide bonds. The van der Waals surface area contributed by atoms with E-state index in [0.29, 0.717) is 36.9 Å². The summed E-state index contributed by atoms with van der Waals surface area (Å²) in [6.07, 6.45) is 2.87. The maximum absolute atomic E-state index is 13.4. The molecule has 0 spiro atoms. The SMILES string of the molecule is BCCOc1ccc(OCCCC)c(C(=O)Nc2cc(-c3ccccc3)ccc2C2CO2)c1. The standard InChI is InChI=1S/C27H30BNO4/c1-2-3-14-32-25-12-10-21(31-15-13-28)17-23(25)27(30)29-24-16-20(19-7-5-4-6-8-19)9-11-22(24)26-18-33-26/h4-12,16-17,26H,2-3,13-15,18,28H2,1H3,(H,29,30). The number of hydrogen-bond donors (Lipinski definition) is 1. The van der Waals surface area contributed by atoms with Crippen LogP contribution < -0.4 is 14.8 Å². The second kappa shape index (κ2) is 11.1. The number of amides is 1. The van der Waals surface area contributed by atoms with Crippen LogP contribution in [0.25, 0.3) is 11.1 Å². The van der Waals surface area contributed by atoms with E-state index in [1.807, 2.05) is 42.5 Å². The van der Waals surface area contributed by atoms with Gasteiger partial charge in [-0.2, -0.15) is 0 Å². The summed E-state index contributed by atoms with van der Waals surface area (Å²) >= 11 is 0. The van der Waals surface area contributed by atoms with Gasteiger partial charge in [0, 0.05) is 11.3 Å². The minimum Gasteiger partial charge on any atom is -0.494 e. The highest BCUT2D eigenvalue weighted by atomic mass is 16.6. The van der Waals surface area contributed by atoms with Crippen molar-refractivity contribution in [2.24, 2.45) is 0 Å². The molecule has 4 rings (SSSR count). The Morgan fingerprint density at radius 1 is 1.03 bits per heavy atom. The fourth-order valence-electron chi connectivity index (χ4n) is 3.62. The topological polar surface area (TPSA) is 60.1 Å². The number of nitrogens with one attached hydrogen (secondary N) is 1. The fraction of sp³-hybridized carbons (Fsp3) is 0.296. The molecule has 1 aliphatic heterocycles. The molecule has 0 radical (unpaired) electrons. The van der Waals surface area contributed by atoms with Crippen molar-refractivity contribution in [1.82, 2.24) is 0 Å². The molecular weight excluding hydrogens is 413 g/mol. The quantitative estimate of drug-likeness (QED) is 0.249. The van der Waals surface area contributed by atoms with Crippen molar-refractivity contribution in [1.29, 1.82) is 0 Å². The lowest BCUT2D eigenvalue weighted by Gasteiger charge is -2.16. The maximum Gasteiger partial charge on any atom is 0.259 e. The van der Waals surface area contributed by atoms with Gasteiger partial charge in [-0.15, -0.1) is 0 Å². The van der Waals surface area contributed by atoms with Crippen LogP contribution in [0.2, 0.25) is 6.32 Å². The van der Waals surface area contributed by atoms with Gasteiger partial charge in [0.1, 0.15) is 25.4 Å². The third kappa shape index (κ3) is 5.96. The summed E-state index contributed by atoms with van der Waals surface area (Å²) in [5.74, 6) is 0.998. The molecule has 170 valence electrons. The summed E-state index contributed by atoms with van der Waals surface area (Å²) in [6, 6.07) is 21.7. The van der Waals surface area contributed by atoms with Crippen LogP contribution >= 0.6 is 0 Å². The molecule has 0 aromatic heterocycles. The van der Waals surface area contributed by atoms with Crippen LogP contribution in [0.5, 0.6) is 11.5 Å². The first-order valence-electron chi connectivity index (χ1n) is 11.7. The van der Waals surface area contributed by atoms with E-state index in [0.717, 1.165) is 41.5 Å². The first-order chi connectivity index (χ1) is 16.2. The molecule has 1 aliphatic rings. The zero-order valence-electron chi connectivity index (χ0n) is 19.3. The Morgan fingerprint density at radius 2 is 1.85 bits per heavy atom. The number of benzene rings is 3. The first kappa shape index (κ1) is 22.9. The van der Waals surface area contributed by atoms with Gasteiger partial charge in [0.25, 0.3) is 5.91 Å². The lowest BCUT2D eigenvalue weighted by molar-refractivity contribution is 0.102. The fourth-order valence-corrected chi connectivity index (χ4v) is 3.62. The lowest BCUT2D eigenvalue weighted by Crippen LogP contribution is -2.15. The Morgan fingerprint density at radius 3 is 2.58 bits per heavy atom. The van der Waals surface area contributed by atoms with E-state index in [-0.39, 0.29) is 12.0 Å². The highest BCUT2D eigenvalue weighted by molar-refractivity contribution is 6.08. The third-order valence-corrected chi connectivity index (χ3v) is 5.51. The highest BCUT2D eigenvalue weighted by Gasteiger charge is 2.28. The number of epoxide rings is 1. The zero-order chi connectivity index (χ0) is 23.0. The number of carbonyl (C=O) groups is 1. The average Bonchev–Trinajstić information content (AvgIpc) is 3.69. The van der Waals surface area contributed by atoms with Crippen molar-refractivity contribution >= 4 is 19.4 Å². The molecule has 6 heteroatoms. The number of hydrogen-bond acceptors (Lipinski definition) is 4. The smallest absolute Gasteiger partial charge is 0.259 e. The Labute approximate surface area is 196 Å². The van der Waals surface area contributed by atoms with Gasteiger partial charge in [-0.1, -0.05) is 55.8 Å². The Balaban J connectivity index is 1.63. The molecule has 1 fully saturated rings. The van der Waals surface area contributed by atoms with Crippen molar-refractivity contribution in [3.63, 3.8) is 0 Å². The molecule has 3 aromatic rings. The van der Waals surface area contributed by atoms with E-state index in [1.54, 1.807) is 6.07 Å². The van der Waals surface area contributed by atoms with Crippen LogP contribution in [0, 0.1) is 0 Å². The van der Waals surface area contributed by atoms with Gasteiger partial charge in [0.05, 0.1) is 25.4 Å². The summed E-state index contributed by atoms with van der Waals surface area (Å²) < 4.78 is 17.2. The largest absolute Gasteiger partial charge is 0.494 e. The molecule has 1 unspecified atom stereocenters. The molecule has 0 saturated carbocycles. The number of rotatable bonds is 11. The van der Waals surface area contributed by atoms with E-state index in [4.69, 9.17) is 14.2 Å². The van der Waals surface area contributed by atoms with Crippen molar-refractivity contribution < 1.29 is 19.0 Å². The molecular formula is C27H30BNO4. The number of unbranched alkanes of at least 4 members (excludes halogenated alkanes) is 1. The van der Waals surface area contributed by atoms with Crippen molar-refractivity contribution in [2.45, 2.75) is 32.2 Å². The number of carbonyl (C=O) groups excluding carboxylic acids is 1. The van der Waals surface area contributed by atoms with Crippen LogP contribution in [0.3, 0.4) is 0 Å². The average molecular weight is 443 g/mol. The van der Waals surface area contributed by atoms with Crippen molar-refractivity contribution in [3.05, 3.63) is 77.9 Å². The lowest BCUT2D eigenvalue weighted by atomic mass is 10.0. The zero-order valence-corrected chi connectivity index (χ0v) is 19.3. The summed E-state index contributed by atoms with van der Waals surface area (Å²) in [5.41, 5.74) is 4.33. The van der Waals surface area contributed by atoms with Crippen LogP contribution in [0.1, 0.15) is 41.8 Å². The van der Waals surface area contributed by atoms with Crippen LogP contribution in [-0.2, 0) is 4.74 Å². The number of ether oxygens (including phenoxy) is 3. The molecule has 5 nitrogen and oxygen atoms in total. The molecule has 1 heterocycles. The van der Waals surface area contributed by atoms with Gasteiger partial charge in [-0.3, -0.25) is 4.79 Å². The Bertz CT molecular complexity index is 1080. The minimum absolute atomic E-state index is 0.0182. The highest BCUT2D eigenvalue weighted by Crippen LogP contribution is 2.38. The van der Waals surface area contributed by atoms with Gasteiger partial charge in [0.2, 0.25) is 0 Å². The molecule has 1 N–H and O–H groups in total. The summed E-state index contributed by atoms with van der Waals surface area (Å²) in [5, 5.41) is 3.12. The van der Waals surface area contributed by atoms with Crippen LogP contribution in [0.15, 0.2) is 66.7 Å². The van der Waals surface area contributed by atoms with Gasteiger partial charge in [-0.25, -0.2) is 0 Å². The van der Waals surface area contributed by atoms with Gasteiger partial charge in [0.15, 0.2) is 0 Å². The first-order valence-corrected chi connectivity index (χ1v) is 11.7. The Kier molecular flexibility index (Phi) is 7.68. The van der Waals surface area contributed by atoms with E-state index in [2.05, 4.69) is 38.3 Å². The molecule has 0 aliphatic carbocycles. The van der Waals surface area contributed by atoms with Crippen molar-refractivity contribution in [3.8, 4) is 22.6 Å². The van der Waals surface area contributed by atoms with Gasteiger partial charge < -0.3 is 19.5 Å². The van der Waals surface area contributed by atoms with E-state index in [9.17, 15) is 4.79 Å². The van der Waals surface area contributed by atoms with E-state index >= 15 is 0 Å². The predicted octanol–water partition coefficient (Wildman–Crippen LogP) is 5.29. The number of anilines is 1. The molecule has 0 bridgehead atoms. The molecule has 1 atom stereocenters. The summed E-state index contributed by atoms with van der Waals surface area (Å²) in [4.78, 5) is 13.4. The van der Waals surface area contributed by atoms with Crippen molar-refractivity contribution in [2.75, 3.05) is 25.1 Å². The molecule has 3 aromatic carbocycles. The Hall–Kier alpha value is -3.25.